The summed E-state index contributed by atoms with van der Waals surface area (Å²) in [5, 5.41) is 7.63. The summed E-state index contributed by atoms with van der Waals surface area (Å²) in [6.45, 7) is 8.52. The highest BCUT2D eigenvalue weighted by Gasteiger charge is 2.19. The highest BCUT2D eigenvalue weighted by Crippen LogP contribution is 2.25. The molecule has 0 atom stereocenters. The van der Waals surface area contributed by atoms with Gasteiger partial charge in [0.15, 0.2) is 5.65 Å². The summed E-state index contributed by atoms with van der Waals surface area (Å²) in [5.41, 5.74) is 2.10. The molecule has 3 rings (SSSR count). The van der Waals surface area contributed by atoms with Crippen LogP contribution in [0.2, 0.25) is 0 Å². The number of alkyl carbamates (subject to hydrolysis) is 1. The Morgan fingerprint density at radius 2 is 1.90 bits per heavy atom. The summed E-state index contributed by atoms with van der Waals surface area (Å²) in [6.07, 6.45) is 1.62. The van der Waals surface area contributed by atoms with E-state index >= 15 is 0 Å². The van der Waals surface area contributed by atoms with Crippen LogP contribution in [0.15, 0.2) is 42.6 Å². The minimum atomic E-state index is -0.553. The SMILES string of the molecule is CCn1ncc2c(C(=O)OCCCNC(=O)OC(C)(C)C)cc(-c3ccccc3)nc21. The van der Waals surface area contributed by atoms with Crippen molar-refractivity contribution in [2.75, 3.05) is 13.2 Å². The van der Waals surface area contributed by atoms with Gasteiger partial charge in [0, 0.05) is 18.7 Å². The van der Waals surface area contributed by atoms with Crippen molar-refractivity contribution in [1.29, 1.82) is 0 Å². The smallest absolute Gasteiger partial charge is 0.407 e. The number of ether oxygens (including phenoxy) is 2. The van der Waals surface area contributed by atoms with Crippen molar-refractivity contribution in [3.63, 3.8) is 0 Å². The second-order valence-electron chi connectivity index (χ2n) is 8.04. The number of benzene rings is 1. The molecule has 0 fully saturated rings. The Hall–Kier alpha value is -3.42. The molecule has 1 amide bonds. The molecule has 2 aromatic heterocycles. The summed E-state index contributed by atoms with van der Waals surface area (Å²) in [7, 11) is 0. The molecule has 8 nitrogen and oxygen atoms in total. The van der Waals surface area contributed by atoms with Gasteiger partial charge in [-0.2, -0.15) is 5.10 Å². The van der Waals surface area contributed by atoms with Crippen LogP contribution in [-0.4, -0.2) is 45.6 Å². The molecule has 0 radical (unpaired) electrons. The molecule has 0 spiro atoms. The second-order valence-corrected chi connectivity index (χ2v) is 8.04. The molecule has 0 aliphatic carbocycles. The van der Waals surface area contributed by atoms with E-state index in [1.807, 2.05) is 37.3 Å². The second kappa shape index (κ2) is 9.59. The van der Waals surface area contributed by atoms with Crippen molar-refractivity contribution >= 4 is 23.1 Å². The summed E-state index contributed by atoms with van der Waals surface area (Å²) in [4.78, 5) is 29.2. The molecule has 1 N–H and O–H groups in total. The molecular weight excluding hydrogens is 396 g/mol. The first-order valence-corrected chi connectivity index (χ1v) is 10.3. The van der Waals surface area contributed by atoms with Crippen LogP contribution in [-0.2, 0) is 16.0 Å². The summed E-state index contributed by atoms with van der Waals surface area (Å²) in [5.74, 6) is -0.447. The zero-order valence-corrected chi connectivity index (χ0v) is 18.3. The largest absolute Gasteiger partial charge is 0.462 e. The number of carbonyl (C=O) groups is 2. The normalized spacial score (nSPS) is 11.4. The van der Waals surface area contributed by atoms with Gasteiger partial charge in [0.1, 0.15) is 5.60 Å². The van der Waals surface area contributed by atoms with E-state index in [1.54, 1.807) is 37.7 Å². The third-order valence-electron chi connectivity index (χ3n) is 4.42. The number of fused-ring (bicyclic) bond motifs is 1. The average molecular weight is 425 g/mol. The van der Waals surface area contributed by atoms with Gasteiger partial charge in [0.25, 0.3) is 0 Å². The van der Waals surface area contributed by atoms with Crippen LogP contribution in [0.3, 0.4) is 0 Å². The maximum atomic E-state index is 12.8. The number of rotatable bonds is 7. The van der Waals surface area contributed by atoms with Crippen molar-refractivity contribution in [2.45, 2.75) is 46.3 Å². The zero-order valence-electron chi connectivity index (χ0n) is 18.3. The lowest BCUT2D eigenvalue weighted by atomic mass is 10.1. The summed E-state index contributed by atoms with van der Waals surface area (Å²) in [6, 6.07) is 11.4. The van der Waals surface area contributed by atoms with E-state index in [2.05, 4.69) is 10.4 Å². The summed E-state index contributed by atoms with van der Waals surface area (Å²) < 4.78 is 12.4. The minimum Gasteiger partial charge on any atom is -0.462 e. The van der Waals surface area contributed by atoms with E-state index in [0.717, 1.165) is 5.56 Å². The highest BCUT2D eigenvalue weighted by atomic mass is 16.6. The Morgan fingerprint density at radius 1 is 1.16 bits per heavy atom. The van der Waals surface area contributed by atoms with Crippen LogP contribution >= 0.6 is 0 Å². The topological polar surface area (TPSA) is 95.3 Å². The van der Waals surface area contributed by atoms with Crippen molar-refractivity contribution in [1.82, 2.24) is 20.1 Å². The molecule has 0 bridgehead atoms. The van der Waals surface area contributed by atoms with E-state index in [0.29, 0.717) is 41.8 Å². The van der Waals surface area contributed by atoms with Gasteiger partial charge in [0.2, 0.25) is 0 Å². The lowest BCUT2D eigenvalue weighted by molar-refractivity contribution is 0.0484. The van der Waals surface area contributed by atoms with E-state index < -0.39 is 17.7 Å². The molecule has 0 saturated carbocycles. The number of nitrogens with zero attached hydrogens (tertiary/aromatic N) is 3. The van der Waals surface area contributed by atoms with Crippen molar-refractivity contribution in [3.8, 4) is 11.3 Å². The number of pyridine rings is 1. The first-order chi connectivity index (χ1) is 14.8. The molecule has 0 saturated heterocycles. The van der Waals surface area contributed by atoms with Gasteiger partial charge in [0.05, 0.1) is 29.4 Å². The lowest BCUT2D eigenvalue weighted by Gasteiger charge is -2.19. The van der Waals surface area contributed by atoms with Crippen LogP contribution < -0.4 is 5.32 Å². The molecule has 2 heterocycles. The van der Waals surface area contributed by atoms with Crippen molar-refractivity contribution in [2.24, 2.45) is 0 Å². The van der Waals surface area contributed by atoms with Crippen molar-refractivity contribution in [3.05, 3.63) is 48.2 Å². The van der Waals surface area contributed by atoms with Gasteiger partial charge in [-0.3, -0.25) is 0 Å². The maximum absolute atomic E-state index is 12.8. The molecule has 3 aromatic rings. The lowest BCUT2D eigenvalue weighted by Crippen LogP contribution is -2.33. The molecule has 0 aliphatic rings. The molecule has 0 unspecified atom stereocenters. The Bertz CT molecular complexity index is 1050. The van der Waals surface area contributed by atoms with E-state index in [-0.39, 0.29) is 6.61 Å². The highest BCUT2D eigenvalue weighted by molar-refractivity contribution is 6.03. The number of aryl methyl sites for hydroxylation is 1. The Balaban J connectivity index is 1.69. The third-order valence-corrected chi connectivity index (χ3v) is 4.42. The monoisotopic (exact) mass is 424 g/mol. The van der Waals surface area contributed by atoms with Crippen LogP contribution in [0, 0.1) is 0 Å². The molecule has 164 valence electrons. The quantitative estimate of drug-likeness (QED) is 0.451. The number of amides is 1. The number of nitrogens with one attached hydrogen (secondary N) is 1. The van der Waals surface area contributed by atoms with Gasteiger partial charge < -0.3 is 14.8 Å². The minimum absolute atomic E-state index is 0.168. The number of esters is 1. The number of hydrogen-bond donors (Lipinski definition) is 1. The van der Waals surface area contributed by atoms with E-state index in [1.165, 1.54) is 0 Å². The van der Waals surface area contributed by atoms with Gasteiger partial charge >= 0.3 is 12.1 Å². The van der Waals surface area contributed by atoms with Gasteiger partial charge in [-0.1, -0.05) is 30.3 Å². The zero-order chi connectivity index (χ0) is 22.4. The van der Waals surface area contributed by atoms with Crippen LogP contribution in [0.4, 0.5) is 4.79 Å². The fourth-order valence-electron chi connectivity index (χ4n) is 3.02. The fraction of sp³-hybridized carbons (Fsp3) is 0.391. The molecule has 0 aliphatic heterocycles. The van der Waals surface area contributed by atoms with Crippen LogP contribution in [0.1, 0.15) is 44.5 Å². The maximum Gasteiger partial charge on any atom is 0.407 e. The number of hydrogen-bond acceptors (Lipinski definition) is 6. The molecule has 31 heavy (non-hydrogen) atoms. The predicted octanol–water partition coefficient (Wildman–Crippen LogP) is 4.19. The van der Waals surface area contributed by atoms with Gasteiger partial charge in [-0.05, 0) is 40.2 Å². The number of carbonyl (C=O) groups excluding carboxylic acids is 2. The predicted molar refractivity (Wildman–Crippen MR) is 118 cm³/mol. The molecule has 8 heteroatoms. The first kappa shape index (κ1) is 22.3. The Morgan fingerprint density at radius 3 is 2.58 bits per heavy atom. The third kappa shape index (κ3) is 5.81. The fourth-order valence-corrected chi connectivity index (χ4v) is 3.02. The molecular formula is C23H28N4O4. The van der Waals surface area contributed by atoms with E-state index in [4.69, 9.17) is 14.5 Å². The average Bonchev–Trinajstić information content (AvgIpc) is 3.15. The van der Waals surface area contributed by atoms with Crippen LogP contribution in [0.5, 0.6) is 0 Å². The number of aromatic nitrogens is 3. The van der Waals surface area contributed by atoms with E-state index in [9.17, 15) is 9.59 Å². The van der Waals surface area contributed by atoms with Crippen molar-refractivity contribution < 1.29 is 19.1 Å². The summed E-state index contributed by atoms with van der Waals surface area (Å²) >= 11 is 0. The first-order valence-electron chi connectivity index (χ1n) is 10.3. The van der Waals surface area contributed by atoms with Gasteiger partial charge in [-0.15, -0.1) is 0 Å². The Labute approximate surface area is 181 Å². The standard InChI is InChI=1S/C23H28N4O4/c1-5-27-20-18(15-25-27)17(14-19(26-20)16-10-7-6-8-11-16)21(28)30-13-9-12-24-22(29)31-23(2,3)4/h6-8,10-11,14-15H,5,9,12-13H2,1-4H3,(H,24,29). The van der Waals surface area contributed by atoms with Crippen LogP contribution in [0.25, 0.3) is 22.3 Å². The molecule has 1 aromatic carbocycles. The Kier molecular flexibility index (Phi) is 6.89. The van der Waals surface area contributed by atoms with Gasteiger partial charge in [-0.25, -0.2) is 19.3 Å².